The maximum atomic E-state index is 10.0. The number of benzene rings is 1. The molecule has 0 bridgehead atoms. The van der Waals surface area contributed by atoms with Crippen LogP contribution < -0.4 is 0 Å². The van der Waals surface area contributed by atoms with Gasteiger partial charge in [0.25, 0.3) is 0 Å². The van der Waals surface area contributed by atoms with Crippen LogP contribution in [0.5, 0.6) is 0 Å². The van der Waals surface area contributed by atoms with Gasteiger partial charge in [-0.1, -0.05) is 23.7 Å². The number of hydrogen-bond acceptors (Lipinski definition) is 2. The smallest absolute Gasteiger partial charge is 0.0584 e. The maximum absolute atomic E-state index is 10.0. The van der Waals surface area contributed by atoms with Crippen LogP contribution in [0.1, 0.15) is 24.0 Å². The third-order valence-electron chi connectivity index (χ3n) is 3.11. The van der Waals surface area contributed by atoms with Gasteiger partial charge in [-0.2, -0.15) is 0 Å². The van der Waals surface area contributed by atoms with Gasteiger partial charge in [0.1, 0.15) is 0 Å². The Morgan fingerprint density at radius 3 is 2.53 bits per heavy atom. The summed E-state index contributed by atoms with van der Waals surface area (Å²) in [4.78, 5) is 4.16. The van der Waals surface area contributed by atoms with Gasteiger partial charge in [0.15, 0.2) is 0 Å². The molecule has 100 valence electrons. The first-order valence-electron chi connectivity index (χ1n) is 6.09. The third-order valence-corrected chi connectivity index (χ3v) is 3.79. The summed E-state index contributed by atoms with van der Waals surface area (Å²) >= 11 is 9.30. The van der Waals surface area contributed by atoms with Crippen molar-refractivity contribution in [2.75, 3.05) is 0 Å². The van der Waals surface area contributed by atoms with Crippen LogP contribution in [0.25, 0.3) is 0 Å². The number of halogens is 2. The molecule has 1 N–H and O–H groups in total. The van der Waals surface area contributed by atoms with E-state index >= 15 is 0 Å². The van der Waals surface area contributed by atoms with Crippen LogP contribution in [0, 0.1) is 0 Å². The van der Waals surface area contributed by atoms with Crippen molar-refractivity contribution < 1.29 is 5.11 Å². The van der Waals surface area contributed by atoms with E-state index in [4.69, 9.17) is 11.6 Å². The molecule has 19 heavy (non-hydrogen) atoms. The molecule has 1 heterocycles. The largest absolute Gasteiger partial charge is 0.393 e. The van der Waals surface area contributed by atoms with Gasteiger partial charge in [0.05, 0.1) is 6.10 Å². The first kappa shape index (κ1) is 14.5. The van der Waals surface area contributed by atoms with Crippen molar-refractivity contribution in [3.05, 3.63) is 63.3 Å². The fourth-order valence-corrected chi connectivity index (χ4v) is 2.58. The van der Waals surface area contributed by atoms with E-state index in [-0.39, 0.29) is 5.92 Å². The first-order chi connectivity index (χ1) is 9.06. The van der Waals surface area contributed by atoms with Crippen LogP contribution in [0.3, 0.4) is 0 Å². The van der Waals surface area contributed by atoms with Gasteiger partial charge < -0.3 is 5.11 Å². The summed E-state index contributed by atoms with van der Waals surface area (Å²) in [7, 11) is 0. The SMILES string of the molecule is CC(O)C(Cc1ccc(Cl)cc1)c1cncc(Br)c1. The summed E-state index contributed by atoms with van der Waals surface area (Å²) < 4.78 is 0.923. The first-order valence-corrected chi connectivity index (χ1v) is 7.26. The second-order valence-electron chi connectivity index (χ2n) is 4.61. The summed E-state index contributed by atoms with van der Waals surface area (Å²) in [6.45, 7) is 1.81. The van der Waals surface area contributed by atoms with E-state index in [0.717, 1.165) is 27.0 Å². The molecule has 2 unspecified atom stereocenters. The number of pyridine rings is 1. The van der Waals surface area contributed by atoms with Crippen molar-refractivity contribution in [1.29, 1.82) is 0 Å². The Morgan fingerprint density at radius 1 is 1.26 bits per heavy atom. The molecule has 0 fully saturated rings. The molecule has 1 aromatic carbocycles. The zero-order valence-corrected chi connectivity index (χ0v) is 12.9. The van der Waals surface area contributed by atoms with Gasteiger partial charge in [-0.25, -0.2) is 0 Å². The second-order valence-corrected chi connectivity index (χ2v) is 5.97. The molecule has 0 aliphatic carbocycles. The lowest BCUT2D eigenvalue weighted by Crippen LogP contribution is -2.17. The molecule has 0 radical (unpaired) electrons. The van der Waals surface area contributed by atoms with Gasteiger partial charge in [0, 0.05) is 27.8 Å². The van der Waals surface area contributed by atoms with Gasteiger partial charge in [0.2, 0.25) is 0 Å². The fourth-order valence-electron chi connectivity index (χ4n) is 2.07. The minimum absolute atomic E-state index is 0.0196. The summed E-state index contributed by atoms with van der Waals surface area (Å²) in [6.07, 6.45) is 3.86. The maximum Gasteiger partial charge on any atom is 0.0584 e. The molecule has 2 aromatic rings. The van der Waals surface area contributed by atoms with Crippen molar-refractivity contribution in [3.63, 3.8) is 0 Å². The van der Waals surface area contributed by atoms with Crippen LogP contribution in [0.15, 0.2) is 47.2 Å². The molecule has 2 nitrogen and oxygen atoms in total. The Bertz CT molecular complexity index is 542. The molecule has 0 spiro atoms. The zero-order chi connectivity index (χ0) is 13.8. The predicted molar refractivity (Wildman–Crippen MR) is 81.5 cm³/mol. The van der Waals surface area contributed by atoms with Crippen molar-refractivity contribution in [1.82, 2.24) is 4.98 Å². The van der Waals surface area contributed by atoms with Gasteiger partial charge in [-0.15, -0.1) is 0 Å². The minimum Gasteiger partial charge on any atom is -0.393 e. The number of rotatable bonds is 4. The van der Waals surface area contributed by atoms with E-state index < -0.39 is 6.10 Å². The van der Waals surface area contributed by atoms with E-state index in [1.807, 2.05) is 37.3 Å². The minimum atomic E-state index is -0.438. The molecular weight excluding hydrogens is 326 g/mol. The average Bonchev–Trinajstić information content (AvgIpc) is 2.37. The van der Waals surface area contributed by atoms with Crippen molar-refractivity contribution >= 4 is 27.5 Å². The van der Waals surface area contributed by atoms with Crippen molar-refractivity contribution in [3.8, 4) is 0 Å². The summed E-state index contributed by atoms with van der Waals surface area (Å²) in [6, 6.07) is 9.72. The highest BCUT2D eigenvalue weighted by atomic mass is 79.9. The normalized spacial score (nSPS) is 14.1. The van der Waals surface area contributed by atoms with Crippen LogP contribution in [0.2, 0.25) is 5.02 Å². The number of aliphatic hydroxyl groups is 1. The Morgan fingerprint density at radius 2 is 1.95 bits per heavy atom. The molecule has 0 aliphatic heterocycles. The molecule has 1 aromatic heterocycles. The lowest BCUT2D eigenvalue weighted by atomic mass is 9.89. The Balaban J connectivity index is 2.23. The highest BCUT2D eigenvalue weighted by Gasteiger charge is 2.18. The molecule has 2 atom stereocenters. The molecule has 2 rings (SSSR count). The van der Waals surface area contributed by atoms with Crippen LogP contribution in [0.4, 0.5) is 0 Å². The molecular formula is C15H15BrClNO. The summed E-state index contributed by atoms with van der Waals surface area (Å²) in [5.74, 6) is 0.0196. The third kappa shape index (κ3) is 4.03. The predicted octanol–water partition coefficient (Wildman–Crippen LogP) is 4.20. The van der Waals surface area contributed by atoms with E-state index in [1.54, 1.807) is 12.4 Å². The number of hydrogen-bond donors (Lipinski definition) is 1. The molecule has 0 amide bonds. The van der Waals surface area contributed by atoms with Gasteiger partial charge >= 0.3 is 0 Å². The van der Waals surface area contributed by atoms with Crippen molar-refractivity contribution in [2.45, 2.75) is 25.4 Å². The van der Waals surface area contributed by atoms with Gasteiger partial charge in [-0.05, 0) is 58.6 Å². The van der Waals surface area contributed by atoms with E-state index in [1.165, 1.54) is 0 Å². The molecule has 0 saturated heterocycles. The van der Waals surface area contributed by atoms with Crippen LogP contribution >= 0.6 is 27.5 Å². The van der Waals surface area contributed by atoms with Gasteiger partial charge in [-0.3, -0.25) is 4.98 Å². The van der Waals surface area contributed by atoms with Crippen molar-refractivity contribution in [2.24, 2.45) is 0 Å². The zero-order valence-electron chi connectivity index (χ0n) is 10.6. The monoisotopic (exact) mass is 339 g/mol. The fraction of sp³-hybridized carbons (Fsp3) is 0.267. The standard InChI is InChI=1S/C15H15BrClNO/c1-10(19)15(12-7-13(16)9-18-8-12)6-11-2-4-14(17)5-3-11/h2-5,7-10,15,19H,6H2,1H3. The van der Waals surface area contributed by atoms with Crippen LogP contribution in [-0.4, -0.2) is 16.2 Å². The van der Waals surface area contributed by atoms with E-state index in [2.05, 4.69) is 20.9 Å². The average molecular weight is 341 g/mol. The lowest BCUT2D eigenvalue weighted by molar-refractivity contribution is 0.161. The number of aliphatic hydroxyl groups excluding tert-OH is 1. The Labute approximate surface area is 126 Å². The molecule has 0 saturated carbocycles. The van der Waals surface area contributed by atoms with E-state index in [9.17, 15) is 5.11 Å². The lowest BCUT2D eigenvalue weighted by Gasteiger charge is -2.20. The Kier molecular flexibility index (Phi) is 4.97. The highest BCUT2D eigenvalue weighted by molar-refractivity contribution is 9.10. The summed E-state index contributed by atoms with van der Waals surface area (Å²) in [5.41, 5.74) is 2.18. The quantitative estimate of drug-likeness (QED) is 0.904. The number of aromatic nitrogens is 1. The Hall–Kier alpha value is -0.900. The van der Waals surface area contributed by atoms with E-state index in [0.29, 0.717) is 0 Å². The molecule has 4 heteroatoms. The number of nitrogens with zero attached hydrogens (tertiary/aromatic N) is 1. The second kappa shape index (κ2) is 6.51. The topological polar surface area (TPSA) is 33.1 Å². The summed E-state index contributed by atoms with van der Waals surface area (Å²) in [5, 5.41) is 10.7. The highest BCUT2D eigenvalue weighted by Crippen LogP contribution is 2.26. The van der Waals surface area contributed by atoms with Crippen LogP contribution in [-0.2, 0) is 6.42 Å². The molecule has 0 aliphatic rings.